The van der Waals surface area contributed by atoms with Crippen LogP contribution < -0.4 is 0 Å². The van der Waals surface area contributed by atoms with Gasteiger partial charge >= 0.3 is 0 Å². The standard InChI is InChI=1S/C15H22Cl2N2O/c1-4-19(9-5-8-18(2)3)11-15(20)12-6-7-13(16)14(17)10-12/h6-7,10H,4-5,8-9,11H2,1-3H3. The lowest BCUT2D eigenvalue weighted by Gasteiger charge is -2.20. The van der Waals surface area contributed by atoms with Crippen LogP contribution in [0.5, 0.6) is 0 Å². The summed E-state index contributed by atoms with van der Waals surface area (Å²) in [6, 6.07) is 5.03. The highest BCUT2D eigenvalue weighted by Crippen LogP contribution is 2.22. The van der Waals surface area contributed by atoms with E-state index in [-0.39, 0.29) is 5.78 Å². The molecule has 3 nitrogen and oxygen atoms in total. The first-order valence-electron chi connectivity index (χ1n) is 6.79. The lowest BCUT2D eigenvalue weighted by atomic mass is 10.1. The van der Waals surface area contributed by atoms with Gasteiger partial charge in [-0.3, -0.25) is 9.69 Å². The second-order valence-electron chi connectivity index (χ2n) is 5.08. The van der Waals surface area contributed by atoms with E-state index in [0.717, 1.165) is 26.1 Å². The number of hydrogen-bond donors (Lipinski definition) is 0. The maximum Gasteiger partial charge on any atom is 0.176 e. The highest BCUT2D eigenvalue weighted by molar-refractivity contribution is 6.42. The average Bonchev–Trinajstić information content (AvgIpc) is 2.40. The first-order chi connectivity index (χ1) is 9.43. The van der Waals surface area contributed by atoms with Crippen molar-refractivity contribution in [2.45, 2.75) is 13.3 Å². The van der Waals surface area contributed by atoms with Crippen LogP contribution in [-0.4, -0.2) is 55.9 Å². The molecule has 1 rings (SSSR count). The zero-order valence-electron chi connectivity index (χ0n) is 12.3. The molecule has 0 aliphatic heterocycles. The van der Waals surface area contributed by atoms with E-state index < -0.39 is 0 Å². The summed E-state index contributed by atoms with van der Waals surface area (Å²) in [6.07, 6.45) is 1.05. The molecule has 0 unspecified atom stereocenters. The number of hydrogen-bond acceptors (Lipinski definition) is 3. The largest absolute Gasteiger partial charge is 0.309 e. The number of Topliss-reactive ketones (excluding diaryl/α,β-unsaturated/α-hetero) is 1. The van der Waals surface area contributed by atoms with Gasteiger partial charge in [0.25, 0.3) is 0 Å². The first kappa shape index (κ1) is 17.4. The van der Waals surface area contributed by atoms with Crippen molar-refractivity contribution in [3.63, 3.8) is 0 Å². The second kappa shape index (κ2) is 8.63. The topological polar surface area (TPSA) is 23.6 Å². The van der Waals surface area contributed by atoms with Crippen LogP contribution in [0.3, 0.4) is 0 Å². The second-order valence-corrected chi connectivity index (χ2v) is 5.89. The molecule has 0 amide bonds. The van der Waals surface area contributed by atoms with Crippen LogP contribution in [-0.2, 0) is 0 Å². The third-order valence-electron chi connectivity index (χ3n) is 3.14. The van der Waals surface area contributed by atoms with Crippen LogP contribution in [0.15, 0.2) is 18.2 Å². The highest BCUT2D eigenvalue weighted by atomic mass is 35.5. The van der Waals surface area contributed by atoms with Gasteiger partial charge in [0.2, 0.25) is 0 Å². The quantitative estimate of drug-likeness (QED) is 0.686. The molecule has 1 aromatic carbocycles. The van der Waals surface area contributed by atoms with Crippen molar-refractivity contribution >= 4 is 29.0 Å². The van der Waals surface area contributed by atoms with E-state index in [2.05, 4.69) is 30.8 Å². The van der Waals surface area contributed by atoms with Gasteiger partial charge in [-0.05, 0) is 58.3 Å². The molecule has 0 aliphatic rings. The molecule has 112 valence electrons. The molecule has 20 heavy (non-hydrogen) atoms. The molecule has 0 bridgehead atoms. The molecule has 0 radical (unpaired) electrons. The average molecular weight is 317 g/mol. The van der Waals surface area contributed by atoms with E-state index in [1.54, 1.807) is 18.2 Å². The SMILES string of the molecule is CCN(CCCN(C)C)CC(=O)c1ccc(Cl)c(Cl)c1. The fourth-order valence-corrected chi connectivity index (χ4v) is 2.22. The van der Waals surface area contributed by atoms with Crippen molar-refractivity contribution in [1.29, 1.82) is 0 Å². The van der Waals surface area contributed by atoms with Crippen molar-refractivity contribution in [1.82, 2.24) is 9.80 Å². The number of rotatable bonds is 8. The Morgan fingerprint density at radius 3 is 2.40 bits per heavy atom. The van der Waals surface area contributed by atoms with Crippen LogP contribution in [0.4, 0.5) is 0 Å². The summed E-state index contributed by atoms with van der Waals surface area (Å²) >= 11 is 11.8. The number of carbonyl (C=O) groups is 1. The summed E-state index contributed by atoms with van der Waals surface area (Å²) < 4.78 is 0. The smallest absolute Gasteiger partial charge is 0.176 e. The van der Waals surface area contributed by atoms with Crippen LogP contribution in [0.2, 0.25) is 10.0 Å². The summed E-state index contributed by atoms with van der Waals surface area (Å²) in [7, 11) is 4.11. The van der Waals surface area contributed by atoms with Gasteiger partial charge in [-0.25, -0.2) is 0 Å². The molecule has 0 N–H and O–H groups in total. The Bertz CT molecular complexity index is 449. The maximum absolute atomic E-state index is 12.2. The Morgan fingerprint density at radius 2 is 1.85 bits per heavy atom. The Labute approximate surface area is 131 Å². The zero-order valence-corrected chi connectivity index (χ0v) is 13.8. The highest BCUT2D eigenvalue weighted by Gasteiger charge is 2.12. The van der Waals surface area contributed by atoms with Gasteiger partial charge < -0.3 is 4.90 Å². The predicted molar refractivity (Wildman–Crippen MR) is 86.1 cm³/mol. The van der Waals surface area contributed by atoms with Crippen molar-refractivity contribution in [3.05, 3.63) is 33.8 Å². The molecular formula is C15H22Cl2N2O. The third kappa shape index (κ3) is 5.80. The maximum atomic E-state index is 12.2. The molecule has 0 aliphatic carbocycles. The van der Waals surface area contributed by atoms with Gasteiger partial charge in [0.15, 0.2) is 5.78 Å². The molecule has 1 aromatic rings. The monoisotopic (exact) mass is 316 g/mol. The van der Waals surface area contributed by atoms with E-state index in [9.17, 15) is 4.79 Å². The summed E-state index contributed by atoms with van der Waals surface area (Å²) in [5, 5.41) is 0.898. The minimum atomic E-state index is 0.0790. The first-order valence-corrected chi connectivity index (χ1v) is 7.55. The van der Waals surface area contributed by atoms with Crippen LogP contribution in [0.1, 0.15) is 23.7 Å². The minimum absolute atomic E-state index is 0.0790. The van der Waals surface area contributed by atoms with Gasteiger partial charge in [0.1, 0.15) is 0 Å². The number of halogens is 2. The minimum Gasteiger partial charge on any atom is -0.309 e. The lowest BCUT2D eigenvalue weighted by Crippen LogP contribution is -2.32. The van der Waals surface area contributed by atoms with Crippen molar-refractivity contribution in [3.8, 4) is 0 Å². The van der Waals surface area contributed by atoms with Gasteiger partial charge in [-0.1, -0.05) is 30.1 Å². The number of nitrogens with zero attached hydrogens (tertiary/aromatic N) is 2. The number of carbonyl (C=O) groups excluding carboxylic acids is 1. The lowest BCUT2D eigenvalue weighted by molar-refractivity contribution is 0.0932. The van der Waals surface area contributed by atoms with Gasteiger partial charge in [-0.2, -0.15) is 0 Å². The van der Waals surface area contributed by atoms with E-state index in [0.29, 0.717) is 22.2 Å². The van der Waals surface area contributed by atoms with Crippen molar-refractivity contribution < 1.29 is 4.79 Å². The molecule has 5 heteroatoms. The van der Waals surface area contributed by atoms with E-state index in [1.807, 2.05) is 0 Å². The molecule has 0 spiro atoms. The van der Waals surface area contributed by atoms with Crippen LogP contribution in [0.25, 0.3) is 0 Å². The number of ketones is 1. The fourth-order valence-electron chi connectivity index (χ4n) is 1.92. The Balaban J connectivity index is 2.55. The molecule has 0 saturated heterocycles. The van der Waals surface area contributed by atoms with Gasteiger partial charge in [0.05, 0.1) is 16.6 Å². The number of benzene rings is 1. The van der Waals surface area contributed by atoms with Gasteiger partial charge in [-0.15, -0.1) is 0 Å². The third-order valence-corrected chi connectivity index (χ3v) is 3.87. The Morgan fingerprint density at radius 1 is 1.15 bits per heavy atom. The predicted octanol–water partition coefficient (Wildman–Crippen LogP) is 3.45. The normalized spacial score (nSPS) is 11.3. The van der Waals surface area contributed by atoms with Crippen LogP contribution >= 0.6 is 23.2 Å². The molecule has 0 fully saturated rings. The molecular weight excluding hydrogens is 295 g/mol. The van der Waals surface area contributed by atoms with Crippen LogP contribution in [0, 0.1) is 0 Å². The van der Waals surface area contributed by atoms with E-state index >= 15 is 0 Å². The van der Waals surface area contributed by atoms with E-state index in [1.165, 1.54) is 0 Å². The fraction of sp³-hybridized carbons (Fsp3) is 0.533. The number of likely N-dealkylation sites (N-methyl/N-ethyl adjacent to an activating group) is 1. The van der Waals surface area contributed by atoms with E-state index in [4.69, 9.17) is 23.2 Å². The Hall–Kier alpha value is -0.610. The molecule has 0 atom stereocenters. The summed E-state index contributed by atoms with van der Waals surface area (Å²) in [5.74, 6) is 0.0790. The molecule has 0 saturated carbocycles. The Kier molecular flexibility index (Phi) is 7.52. The summed E-state index contributed by atoms with van der Waals surface area (Å²) in [4.78, 5) is 16.5. The zero-order chi connectivity index (χ0) is 15.1. The molecule has 0 heterocycles. The molecule has 0 aromatic heterocycles. The summed E-state index contributed by atoms with van der Waals surface area (Å²) in [6.45, 7) is 5.29. The summed E-state index contributed by atoms with van der Waals surface area (Å²) in [5.41, 5.74) is 0.616. The van der Waals surface area contributed by atoms with Crippen molar-refractivity contribution in [2.75, 3.05) is 40.3 Å². The van der Waals surface area contributed by atoms with Crippen molar-refractivity contribution in [2.24, 2.45) is 0 Å². The van der Waals surface area contributed by atoms with Gasteiger partial charge in [0, 0.05) is 5.56 Å².